The maximum Gasteiger partial charge on any atom is 0.410 e. The molecule has 2 rings (SSSR count). The highest BCUT2D eigenvalue weighted by molar-refractivity contribution is 5.68. The number of hydrogen-bond donors (Lipinski definition) is 1. The van der Waals surface area contributed by atoms with E-state index in [4.69, 9.17) is 10.5 Å². The second-order valence-electron chi connectivity index (χ2n) is 5.79. The van der Waals surface area contributed by atoms with Crippen LogP contribution in [-0.2, 0) is 4.74 Å². The largest absolute Gasteiger partial charge is 0.444 e. The number of aromatic nitrogens is 1. The van der Waals surface area contributed by atoms with Crippen molar-refractivity contribution in [3.8, 4) is 0 Å². The zero-order valence-corrected chi connectivity index (χ0v) is 13.2. The predicted molar refractivity (Wildman–Crippen MR) is 82.7 cm³/mol. The van der Waals surface area contributed by atoms with Gasteiger partial charge in [-0.15, -0.1) is 0 Å². The lowest BCUT2D eigenvalue weighted by Gasteiger charge is -2.34. The van der Waals surface area contributed by atoms with Crippen LogP contribution in [0.1, 0.15) is 20.8 Å². The zero-order chi connectivity index (χ0) is 15.7. The molecule has 6 heteroatoms. The lowest BCUT2D eigenvalue weighted by molar-refractivity contribution is 0.0147. The maximum absolute atomic E-state index is 11.7. The van der Waals surface area contributed by atoms with Gasteiger partial charge < -0.3 is 15.4 Å². The van der Waals surface area contributed by atoms with Crippen molar-refractivity contribution in [2.24, 2.45) is 5.73 Å². The van der Waals surface area contributed by atoms with E-state index in [1.54, 1.807) is 17.3 Å². The van der Waals surface area contributed by atoms with Crippen molar-refractivity contribution in [1.29, 1.82) is 0 Å². The van der Waals surface area contributed by atoms with Crippen LogP contribution in [0.15, 0.2) is 30.6 Å². The van der Waals surface area contributed by atoms with E-state index < -0.39 is 5.60 Å². The van der Waals surface area contributed by atoms with Crippen LogP contribution in [0.3, 0.4) is 0 Å². The van der Waals surface area contributed by atoms with E-state index in [-0.39, 0.29) is 6.09 Å². The van der Waals surface area contributed by atoms with Gasteiger partial charge in [-0.25, -0.2) is 4.79 Å². The molecule has 0 spiro atoms. The summed E-state index contributed by atoms with van der Waals surface area (Å²) in [6.45, 7) is 9.25. The van der Waals surface area contributed by atoms with Gasteiger partial charge in [0.05, 0.1) is 0 Å². The second-order valence-corrected chi connectivity index (χ2v) is 5.79. The Labute approximate surface area is 126 Å². The molecule has 0 aliphatic carbocycles. The lowest BCUT2D eigenvalue weighted by Crippen LogP contribution is -2.51. The lowest BCUT2D eigenvalue weighted by atomic mass is 10.2. The number of carbonyl (C=O) groups is 1. The Bertz CT molecular complexity index is 371. The predicted octanol–water partition coefficient (Wildman–Crippen LogP) is 1.54. The van der Waals surface area contributed by atoms with Gasteiger partial charge >= 0.3 is 6.09 Å². The van der Waals surface area contributed by atoms with E-state index in [1.807, 2.05) is 39.0 Å². The van der Waals surface area contributed by atoms with Gasteiger partial charge in [-0.2, -0.15) is 0 Å². The molecule has 1 fully saturated rings. The van der Waals surface area contributed by atoms with Gasteiger partial charge in [0.25, 0.3) is 0 Å². The fourth-order valence-electron chi connectivity index (χ4n) is 1.75. The van der Waals surface area contributed by atoms with Crippen LogP contribution in [-0.4, -0.2) is 59.3 Å². The molecule has 21 heavy (non-hydrogen) atoms. The molecule has 1 aromatic rings. The highest BCUT2D eigenvalue weighted by Gasteiger charge is 2.25. The number of carbonyl (C=O) groups excluding carboxylic acids is 1. The molecule has 0 aromatic carbocycles. The van der Waals surface area contributed by atoms with Crippen LogP contribution in [0.5, 0.6) is 0 Å². The first-order valence-corrected chi connectivity index (χ1v) is 7.18. The van der Waals surface area contributed by atoms with Crippen molar-refractivity contribution in [3.63, 3.8) is 0 Å². The minimum Gasteiger partial charge on any atom is -0.444 e. The Morgan fingerprint density at radius 1 is 1.14 bits per heavy atom. The summed E-state index contributed by atoms with van der Waals surface area (Å²) in [4.78, 5) is 19.3. The summed E-state index contributed by atoms with van der Waals surface area (Å²) in [6.07, 6.45) is 3.28. The van der Waals surface area contributed by atoms with Crippen molar-refractivity contribution in [2.75, 3.05) is 32.8 Å². The number of pyridine rings is 1. The third-order valence-corrected chi connectivity index (χ3v) is 2.85. The van der Waals surface area contributed by atoms with Gasteiger partial charge in [0.15, 0.2) is 0 Å². The van der Waals surface area contributed by atoms with E-state index in [0.29, 0.717) is 19.8 Å². The maximum atomic E-state index is 11.7. The summed E-state index contributed by atoms with van der Waals surface area (Å²) in [7, 11) is 0. The molecule has 0 bridgehead atoms. The van der Waals surface area contributed by atoms with Gasteiger partial charge in [0, 0.05) is 45.2 Å². The van der Waals surface area contributed by atoms with E-state index in [0.717, 1.165) is 13.1 Å². The van der Waals surface area contributed by atoms with Crippen LogP contribution in [0.4, 0.5) is 4.79 Å². The van der Waals surface area contributed by atoms with Crippen LogP contribution in [0.25, 0.3) is 0 Å². The molecular formula is C15H26N4O2. The summed E-state index contributed by atoms with van der Waals surface area (Å²) >= 11 is 0. The highest BCUT2D eigenvalue weighted by Crippen LogP contribution is 2.11. The fourth-order valence-corrected chi connectivity index (χ4v) is 1.75. The average Bonchev–Trinajstić information content (AvgIpc) is 2.48. The van der Waals surface area contributed by atoms with Crippen molar-refractivity contribution in [2.45, 2.75) is 26.4 Å². The number of hydrogen-bond acceptors (Lipinski definition) is 5. The summed E-state index contributed by atoms with van der Waals surface area (Å²) in [5.74, 6) is 0. The van der Waals surface area contributed by atoms with E-state index >= 15 is 0 Å². The third-order valence-electron chi connectivity index (χ3n) is 2.85. The molecule has 1 amide bonds. The smallest absolute Gasteiger partial charge is 0.410 e. The minimum absolute atomic E-state index is 0.223. The number of ether oxygens (including phenoxy) is 1. The van der Waals surface area contributed by atoms with E-state index in [1.165, 1.54) is 0 Å². The minimum atomic E-state index is -0.415. The number of piperazine rings is 1. The highest BCUT2D eigenvalue weighted by atomic mass is 16.6. The van der Waals surface area contributed by atoms with Gasteiger partial charge in [0.1, 0.15) is 5.60 Å². The van der Waals surface area contributed by atoms with Crippen molar-refractivity contribution in [1.82, 2.24) is 14.8 Å². The molecule has 0 atom stereocenters. The topological polar surface area (TPSA) is 71.7 Å². The summed E-state index contributed by atoms with van der Waals surface area (Å²) in [5.41, 5.74) is 5.10. The first kappa shape index (κ1) is 17.4. The molecule has 1 saturated heterocycles. The summed E-state index contributed by atoms with van der Waals surface area (Å²) < 4.78 is 5.28. The molecule has 1 aliphatic rings. The Hall–Kier alpha value is -1.66. The molecule has 1 aliphatic heterocycles. The van der Waals surface area contributed by atoms with Crippen LogP contribution < -0.4 is 5.73 Å². The average molecular weight is 294 g/mol. The van der Waals surface area contributed by atoms with Crippen LogP contribution in [0.2, 0.25) is 0 Å². The number of amides is 1. The monoisotopic (exact) mass is 294 g/mol. The van der Waals surface area contributed by atoms with Gasteiger partial charge in [-0.3, -0.25) is 9.88 Å². The number of rotatable bonds is 1. The molecule has 0 unspecified atom stereocenters. The molecular weight excluding hydrogens is 268 g/mol. The standard InChI is InChI=1S/C10H21N3O2.C5H5N/c1-10(2,3)15-9(14)13-6-4-12(8-11)5-7-13;1-2-4-6-5-3-1/h4-8,11H2,1-3H3;1-5H. The van der Waals surface area contributed by atoms with Crippen molar-refractivity contribution in [3.05, 3.63) is 30.6 Å². The fraction of sp³-hybridized carbons (Fsp3) is 0.600. The Morgan fingerprint density at radius 2 is 1.71 bits per heavy atom. The van der Waals surface area contributed by atoms with Crippen LogP contribution >= 0.6 is 0 Å². The van der Waals surface area contributed by atoms with Gasteiger partial charge in [-0.05, 0) is 32.9 Å². The SMILES string of the molecule is CC(C)(C)OC(=O)N1CCN(CN)CC1.c1ccncc1. The van der Waals surface area contributed by atoms with Crippen molar-refractivity contribution < 1.29 is 9.53 Å². The Kier molecular flexibility index (Phi) is 7.11. The van der Waals surface area contributed by atoms with Crippen LogP contribution in [0, 0.1) is 0 Å². The summed E-state index contributed by atoms with van der Waals surface area (Å²) in [6, 6.07) is 5.72. The second kappa shape index (κ2) is 8.59. The first-order valence-electron chi connectivity index (χ1n) is 7.18. The molecule has 118 valence electrons. The summed E-state index contributed by atoms with van der Waals surface area (Å²) in [5, 5.41) is 0. The molecule has 2 heterocycles. The Balaban J connectivity index is 0.000000304. The molecule has 0 saturated carbocycles. The van der Waals surface area contributed by atoms with Gasteiger partial charge in [-0.1, -0.05) is 6.07 Å². The molecule has 6 nitrogen and oxygen atoms in total. The molecule has 0 radical (unpaired) electrons. The first-order chi connectivity index (χ1) is 9.92. The number of nitrogens with two attached hydrogens (primary N) is 1. The van der Waals surface area contributed by atoms with Crippen molar-refractivity contribution >= 4 is 6.09 Å². The molecule has 2 N–H and O–H groups in total. The normalized spacial score (nSPS) is 15.9. The third kappa shape index (κ3) is 7.63. The van der Waals surface area contributed by atoms with E-state index in [2.05, 4.69) is 9.88 Å². The number of nitrogens with zero attached hydrogens (tertiary/aromatic N) is 3. The quantitative estimate of drug-likeness (QED) is 0.850. The Morgan fingerprint density at radius 3 is 2.05 bits per heavy atom. The molecule has 1 aromatic heterocycles. The van der Waals surface area contributed by atoms with Gasteiger partial charge in [0.2, 0.25) is 0 Å². The van der Waals surface area contributed by atoms with E-state index in [9.17, 15) is 4.79 Å². The zero-order valence-electron chi connectivity index (χ0n) is 13.2.